The fraction of sp³-hybridized carbons (Fsp3) is 0.167. The van der Waals surface area contributed by atoms with Gasteiger partial charge < -0.3 is 12.7 Å². The van der Waals surface area contributed by atoms with Gasteiger partial charge in [0.15, 0.2) is 0 Å². The van der Waals surface area contributed by atoms with E-state index < -0.39 is 0 Å². The van der Waals surface area contributed by atoms with E-state index in [0.717, 1.165) is 22.4 Å². The van der Waals surface area contributed by atoms with Crippen molar-refractivity contribution in [1.82, 2.24) is 9.97 Å². The SMILES string of the molecule is CC(C)c1ccc2ncnc(Nc3ccccc3)c2c1.[CH3-].[Y]. The maximum absolute atomic E-state index is 4.38. The van der Waals surface area contributed by atoms with Crippen LogP contribution in [0.1, 0.15) is 25.3 Å². The molecule has 0 spiro atoms. The summed E-state index contributed by atoms with van der Waals surface area (Å²) in [7, 11) is 0. The number of fused-ring (bicyclic) bond motifs is 1. The van der Waals surface area contributed by atoms with Crippen LogP contribution in [0, 0.1) is 7.43 Å². The zero-order chi connectivity index (χ0) is 13.9. The molecule has 0 aliphatic carbocycles. The molecule has 22 heavy (non-hydrogen) atoms. The number of nitrogens with one attached hydrogen (secondary N) is 1. The molecule has 1 heterocycles. The van der Waals surface area contributed by atoms with Gasteiger partial charge in [-0.3, -0.25) is 0 Å². The summed E-state index contributed by atoms with van der Waals surface area (Å²) in [4.78, 5) is 8.71. The first-order chi connectivity index (χ1) is 9.74. The molecule has 0 unspecified atom stereocenters. The molecule has 1 aromatic heterocycles. The van der Waals surface area contributed by atoms with E-state index in [-0.39, 0.29) is 40.1 Å². The van der Waals surface area contributed by atoms with Crippen LogP contribution in [0.4, 0.5) is 11.5 Å². The molecule has 0 aliphatic rings. The van der Waals surface area contributed by atoms with Crippen molar-refractivity contribution in [2.24, 2.45) is 0 Å². The number of benzene rings is 2. The van der Waals surface area contributed by atoms with E-state index >= 15 is 0 Å². The van der Waals surface area contributed by atoms with Crippen molar-refractivity contribution in [3.63, 3.8) is 0 Å². The summed E-state index contributed by atoms with van der Waals surface area (Å²) < 4.78 is 0. The number of hydrogen-bond donors (Lipinski definition) is 1. The number of rotatable bonds is 3. The second-order valence-electron chi connectivity index (χ2n) is 5.14. The maximum atomic E-state index is 4.38. The Labute approximate surface area is 157 Å². The molecule has 3 aromatic rings. The number of hydrogen-bond acceptors (Lipinski definition) is 3. The molecule has 1 N–H and O–H groups in total. The van der Waals surface area contributed by atoms with E-state index in [9.17, 15) is 0 Å². The van der Waals surface area contributed by atoms with E-state index in [1.807, 2.05) is 30.3 Å². The van der Waals surface area contributed by atoms with E-state index in [0.29, 0.717) is 5.92 Å². The van der Waals surface area contributed by atoms with E-state index in [2.05, 4.69) is 47.3 Å². The van der Waals surface area contributed by atoms with E-state index in [1.165, 1.54) is 5.56 Å². The monoisotopic (exact) mass is 367 g/mol. The molecule has 0 saturated heterocycles. The Bertz CT molecular complexity index is 727. The number of aromatic nitrogens is 2. The first-order valence-corrected chi connectivity index (χ1v) is 6.81. The van der Waals surface area contributed by atoms with Gasteiger partial charge in [-0.05, 0) is 35.7 Å². The van der Waals surface area contributed by atoms with Gasteiger partial charge in [-0.15, -0.1) is 0 Å². The molecule has 0 saturated carbocycles. The van der Waals surface area contributed by atoms with Gasteiger partial charge in [-0.25, -0.2) is 9.97 Å². The predicted molar refractivity (Wildman–Crippen MR) is 89.8 cm³/mol. The number of anilines is 2. The van der Waals surface area contributed by atoms with Gasteiger partial charge in [-0.2, -0.15) is 0 Å². The van der Waals surface area contributed by atoms with E-state index in [4.69, 9.17) is 0 Å². The van der Waals surface area contributed by atoms with Gasteiger partial charge in [0.05, 0.1) is 5.52 Å². The molecule has 1 radical (unpaired) electrons. The minimum absolute atomic E-state index is 0. The summed E-state index contributed by atoms with van der Waals surface area (Å²) in [5.41, 5.74) is 3.29. The second-order valence-corrected chi connectivity index (χ2v) is 5.14. The van der Waals surface area contributed by atoms with Gasteiger partial charge in [0.25, 0.3) is 0 Å². The summed E-state index contributed by atoms with van der Waals surface area (Å²) in [6.45, 7) is 4.38. The number of para-hydroxylation sites is 1. The Morgan fingerprint density at radius 2 is 1.68 bits per heavy atom. The molecule has 0 atom stereocenters. The van der Waals surface area contributed by atoms with Crippen LogP contribution >= 0.6 is 0 Å². The summed E-state index contributed by atoms with van der Waals surface area (Å²) in [6.07, 6.45) is 1.60. The molecule has 3 rings (SSSR count). The molecule has 3 nitrogen and oxygen atoms in total. The zero-order valence-electron chi connectivity index (χ0n) is 13.2. The third-order valence-electron chi connectivity index (χ3n) is 3.36. The Kier molecular flexibility index (Phi) is 7.11. The average molecular weight is 367 g/mol. The molecule has 4 heteroatoms. The second kappa shape index (κ2) is 8.35. The maximum Gasteiger partial charge on any atom is 0.141 e. The molecule has 0 fully saturated rings. The van der Waals surface area contributed by atoms with Gasteiger partial charge >= 0.3 is 0 Å². The van der Waals surface area contributed by atoms with E-state index in [1.54, 1.807) is 6.33 Å². The first kappa shape index (κ1) is 18.7. The summed E-state index contributed by atoms with van der Waals surface area (Å²) in [6, 6.07) is 16.4. The quantitative estimate of drug-likeness (QED) is 0.666. The van der Waals surface area contributed by atoms with Crippen molar-refractivity contribution in [3.05, 3.63) is 67.8 Å². The third-order valence-corrected chi connectivity index (χ3v) is 3.36. The molecular weight excluding hydrogens is 347 g/mol. The fourth-order valence-electron chi connectivity index (χ4n) is 2.19. The largest absolute Gasteiger partial charge is 0.358 e. The normalized spacial score (nSPS) is 9.95. The van der Waals surface area contributed by atoms with Crippen molar-refractivity contribution >= 4 is 22.4 Å². The Morgan fingerprint density at radius 1 is 0.955 bits per heavy atom. The molecular formula is C18H20N3Y-. The molecule has 2 aromatic carbocycles. The topological polar surface area (TPSA) is 37.8 Å². The van der Waals surface area contributed by atoms with Crippen molar-refractivity contribution < 1.29 is 32.7 Å². The average Bonchev–Trinajstić information content (AvgIpc) is 2.48. The van der Waals surface area contributed by atoms with Gasteiger partial charge in [0.2, 0.25) is 0 Å². The summed E-state index contributed by atoms with van der Waals surface area (Å²) in [5.74, 6) is 1.34. The van der Waals surface area contributed by atoms with Crippen molar-refractivity contribution in [2.75, 3.05) is 5.32 Å². The van der Waals surface area contributed by atoms with Gasteiger partial charge in [-0.1, -0.05) is 38.1 Å². The molecule has 0 aliphatic heterocycles. The fourth-order valence-corrected chi connectivity index (χ4v) is 2.19. The predicted octanol–water partition coefficient (Wildman–Crippen LogP) is 4.94. The summed E-state index contributed by atoms with van der Waals surface area (Å²) in [5, 5.41) is 4.42. The third kappa shape index (κ3) is 4.11. The molecule has 111 valence electrons. The smallest absolute Gasteiger partial charge is 0.141 e. The van der Waals surface area contributed by atoms with Crippen LogP contribution in [0.15, 0.2) is 54.9 Å². The summed E-state index contributed by atoms with van der Waals surface area (Å²) >= 11 is 0. The Hall–Kier alpha value is -1.32. The zero-order valence-corrected chi connectivity index (χ0v) is 16.1. The molecule has 0 bridgehead atoms. The van der Waals surface area contributed by atoms with Crippen LogP contribution in [0.25, 0.3) is 10.9 Å². The first-order valence-electron chi connectivity index (χ1n) is 6.81. The Morgan fingerprint density at radius 3 is 2.36 bits per heavy atom. The minimum atomic E-state index is 0. The van der Waals surface area contributed by atoms with Crippen LogP contribution in [0.3, 0.4) is 0 Å². The van der Waals surface area contributed by atoms with Crippen LogP contribution in [-0.2, 0) is 32.7 Å². The van der Waals surface area contributed by atoms with Crippen molar-refractivity contribution in [3.8, 4) is 0 Å². The van der Waals surface area contributed by atoms with Gasteiger partial charge in [0, 0.05) is 43.8 Å². The van der Waals surface area contributed by atoms with Gasteiger partial charge in [0.1, 0.15) is 12.1 Å². The molecule has 0 amide bonds. The minimum Gasteiger partial charge on any atom is -0.358 e. The number of nitrogens with zero attached hydrogens (tertiary/aromatic N) is 2. The van der Waals surface area contributed by atoms with Crippen LogP contribution in [0.2, 0.25) is 0 Å². The van der Waals surface area contributed by atoms with Crippen LogP contribution < -0.4 is 5.32 Å². The Balaban J connectivity index is 0.00000121. The van der Waals surface area contributed by atoms with Crippen molar-refractivity contribution in [2.45, 2.75) is 19.8 Å². The van der Waals surface area contributed by atoms with Crippen molar-refractivity contribution in [1.29, 1.82) is 0 Å². The van der Waals surface area contributed by atoms with Crippen LogP contribution in [0.5, 0.6) is 0 Å². The van der Waals surface area contributed by atoms with Crippen LogP contribution in [-0.4, -0.2) is 9.97 Å². The standard InChI is InChI=1S/C17H17N3.CH3.Y/c1-12(2)13-8-9-16-15(10-13)17(19-11-18-16)20-14-6-4-3-5-7-14;;/h3-12H,1-2H3,(H,18,19,20);1H3;/q;-1;.